The van der Waals surface area contributed by atoms with Gasteiger partial charge in [0.2, 0.25) is 0 Å². The van der Waals surface area contributed by atoms with Crippen LogP contribution in [0.3, 0.4) is 0 Å². The van der Waals surface area contributed by atoms with Crippen molar-refractivity contribution in [2.75, 3.05) is 5.73 Å². The maximum absolute atomic E-state index is 9.25. The maximum atomic E-state index is 9.25. The summed E-state index contributed by atoms with van der Waals surface area (Å²) in [4.78, 5) is 8.82. The minimum atomic E-state index is -0.0191. The first kappa shape index (κ1) is 14.5. The lowest BCUT2D eigenvalue weighted by molar-refractivity contribution is 0.282. The number of nitrogens with two attached hydrogens (primary N) is 1. The second-order valence-corrected chi connectivity index (χ2v) is 5.27. The highest BCUT2D eigenvalue weighted by molar-refractivity contribution is 6.29. The number of hydrogen-bond acceptors (Lipinski definition) is 4. The van der Waals surface area contributed by atoms with Crippen LogP contribution in [0.2, 0.25) is 5.15 Å². The van der Waals surface area contributed by atoms with Crippen LogP contribution in [0.25, 0.3) is 22.6 Å². The summed E-state index contributed by atoms with van der Waals surface area (Å²) in [6.45, 7) is -0.0191. The molecule has 0 unspecified atom stereocenters. The Kier molecular flexibility index (Phi) is 4.04. The van der Waals surface area contributed by atoms with Gasteiger partial charge in [0.05, 0.1) is 12.3 Å². The molecule has 0 bridgehead atoms. The molecule has 0 spiro atoms. The van der Waals surface area contributed by atoms with Crippen LogP contribution in [0.5, 0.6) is 0 Å². The Balaban J connectivity index is 2.10. The highest BCUT2D eigenvalue weighted by Crippen LogP contribution is 2.25. The molecule has 2 aromatic carbocycles. The van der Waals surface area contributed by atoms with E-state index in [1.54, 1.807) is 18.2 Å². The molecule has 3 rings (SSSR count). The minimum absolute atomic E-state index is 0.0191. The average Bonchev–Trinajstić information content (AvgIpc) is 2.54. The third kappa shape index (κ3) is 3.08. The van der Waals surface area contributed by atoms with Crippen molar-refractivity contribution in [1.82, 2.24) is 9.97 Å². The number of benzene rings is 2. The molecule has 0 fully saturated rings. The summed E-state index contributed by atoms with van der Waals surface area (Å²) in [5.41, 5.74) is 9.65. The lowest BCUT2D eigenvalue weighted by atomic mass is 10.1. The molecule has 1 heterocycles. The Labute approximate surface area is 133 Å². The zero-order valence-corrected chi connectivity index (χ0v) is 12.5. The standard InChI is InChI=1S/C17H14ClN3O/c18-16-9-15(12-4-1-3-11(7-12)10-22)20-17(21-16)13-5-2-6-14(19)8-13/h1-9,22H,10,19H2. The summed E-state index contributed by atoms with van der Waals surface area (Å²) in [5.74, 6) is 0.518. The fourth-order valence-corrected chi connectivity index (χ4v) is 2.38. The molecule has 1 aromatic heterocycles. The quantitative estimate of drug-likeness (QED) is 0.573. The van der Waals surface area contributed by atoms with Crippen molar-refractivity contribution in [3.63, 3.8) is 0 Å². The van der Waals surface area contributed by atoms with E-state index in [0.29, 0.717) is 22.4 Å². The van der Waals surface area contributed by atoms with Gasteiger partial charge in [0.1, 0.15) is 5.15 Å². The molecule has 3 aromatic rings. The second kappa shape index (κ2) is 6.13. The molecule has 0 aliphatic heterocycles. The predicted molar refractivity (Wildman–Crippen MR) is 88.2 cm³/mol. The lowest BCUT2D eigenvalue weighted by Crippen LogP contribution is -1.95. The number of hydrogen-bond donors (Lipinski definition) is 2. The normalized spacial score (nSPS) is 10.6. The summed E-state index contributed by atoms with van der Waals surface area (Å²) < 4.78 is 0. The molecule has 5 heteroatoms. The third-order valence-electron chi connectivity index (χ3n) is 3.25. The van der Waals surface area contributed by atoms with E-state index in [-0.39, 0.29) is 6.61 Å². The van der Waals surface area contributed by atoms with Crippen LogP contribution in [-0.4, -0.2) is 15.1 Å². The topological polar surface area (TPSA) is 72.0 Å². The Hall–Kier alpha value is -2.43. The number of aliphatic hydroxyl groups excluding tert-OH is 1. The van der Waals surface area contributed by atoms with Crippen LogP contribution in [0.15, 0.2) is 54.6 Å². The second-order valence-electron chi connectivity index (χ2n) is 4.88. The third-order valence-corrected chi connectivity index (χ3v) is 3.44. The van der Waals surface area contributed by atoms with Gasteiger partial charge in [-0.2, -0.15) is 0 Å². The van der Waals surface area contributed by atoms with Gasteiger partial charge in [-0.25, -0.2) is 9.97 Å². The van der Waals surface area contributed by atoms with E-state index >= 15 is 0 Å². The van der Waals surface area contributed by atoms with Gasteiger partial charge in [-0.3, -0.25) is 0 Å². The van der Waals surface area contributed by atoms with Crippen molar-refractivity contribution in [3.05, 3.63) is 65.3 Å². The SMILES string of the molecule is Nc1cccc(-c2nc(Cl)cc(-c3cccc(CO)c3)n2)c1. The Morgan fingerprint density at radius 2 is 1.73 bits per heavy atom. The van der Waals surface area contributed by atoms with Crippen molar-refractivity contribution in [3.8, 4) is 22.6 Å². The number of halogens is 1. The molecule has 0 aliphatic rings. The summed E-state index contributed by atoms with van der Waals surface area (Å²) >= 11 is 6.13. The van der Waals surface area contributed by atoms with E-state index in [0.717, 1.165) is 16.7 Å². The molecule has 0 aliphatic carbocycles. The molecule has 3 N–H and O–H groups in total. The largest absolute Gasteiger partial charge is 0.399 e. The molecule has 0 amide bonds. The number of aromatic nitrogens is 2. The van der Waals surface area contributed by atoms with Gasteiger partial charge in [-0.15, -0.1) is 0 Å². The Morgan fingerprint density at radius 1 is 0.955 bits per heavy atom. The predicted octanol–water partition coefficient (Wildman–Crippen LogP) is 3.54. The lowest BCUT2D eigenvalue weighted by Gasteiger charge is -2.07. The average molecular weight is 312 g/mol. The van der Waals surface area contributed by atoms with Crippen LogP contribution in [0.4, 0.5) is 5.69 Å². The molecule has 0 atom stereocenters. The fourth-order valence-electron chi connectivity index (χ4n) is 2.20. The zero-order valence-electron chi connectivity index (χ0n) is 11.7. The first-order valence-corrected chi connectivity index (χ1v) is 7.14. The van der Waals surface area contributed by atoms with Gasteiger partial charge in [-0.1, -0.05) is 41.9 Å². The van der Waals surface area contributed by atoms with Crippen LogP contribution in [0.1, 0.15) is 5.56 Å². The van der Waals surface area contributed by atoms with Gasteiger partial charge in [0.15, 0.2) is 5.82 Å². The van der Waals surface area contributed by atoms with Gasteiger partial charge in [0.25, 0.3) is 0 Å². The molecular weight excluding hydrogens is 298 g/mol. The number of nitrogen functional groups attached to an aromatic ring is 1. The Morgan fingerprint density at radius 3 is 2.50 bits per heavy atom. The molecular formula is C17H14ClN3O. The van der Waals surface area contributed by atoms with Crippen LogP contribution in [-0.2, 0) is 6.61 Å². The van der Waals surface area contributed by atoms with Gasteiger partial charge < -0.3 is 10.8 Å². The minimum Gasteiger partial charge on any atom is -0.399 e. The number of rotatable bonds is 3. The first-order valence-electron chi connectivity index (χ1n) is 6.76. The molecule has 4 nitrogen and oxygen atoms in total. The van der Waals surface area contributed by atoms with E-state index < -0.39 is 0 Å². The maximum Gasteiger partial charge on any atom is 0.161 e. The molecule has 0 radical (unpaired) electrons. The van der Waals surface area contributed by atoms with E-state index in [1.165, 1.54) is 0 Å². The van der Waals surface area contributed by atoms with Crippen molar-refractivity contribution in [1.29, 1.82) is 0 Å². The summed E-state index contributed by atoms with van der Waals surface area (Å²) in [6.07, 6.45) is 0. The summed E-state index contributed by atoms with van der Waals surface area (Å²) in [6, 6.07) is 16.6. The monoisotopic (exact) mass is 311 g/mol. The van der Waals surface area contributed by atoms with Crippen molar-refractivity contribution in [2.24, 2.45) is 0 Å². The molecule has 0 saturated heterocycles. The first-order chi connectivity index (χ1) is 10.7. The van der Waals surface area contributed by atoms with Gasteiger partial charge in [0, 0.05) is 22.9 Å². The van der Waals surface area contributed by atoms with E-state index in [1.807, 2.05) is 36.4 Å². The number of anilines is 1. The van der Waals surface area contributed by atoms with Crippen LogP contribution >= 0.6 is 11.6 Å². The van der Waals surface area contributed by atoms with Crippen LogP contribution < -0.4 is 5.73 Å². The number of nitrogens with zero attached hydrogens (tertiary/aromatic N) is 2. The van der Waals surface area contributed by atoms with E-state index in [9.17, 15) is 5.11 Å². The zero-order chi connectivity index (χ0) is 15.5. The van der Waals surface area contributed by atoms with Gasteiger partial charge in [-0.05, 0) is 23.8 Å². The van der Waals surface area contributed by atoms with E-state index in [4.69, 9.17) is 17.3 Å². The fraction of sp³-hybridized carbons (Fsp3) is 0.0588. The molecule has 0 saturated carbocycles. The van der Waals surface area contributed by atoms with Crippen molar-refractivity contribution < 1.29 is 5.11 Å². The van der Waals surface area contributed by atoms with Gasteiger partial charge >= 0.3 is 0 Å². The summed E-state index contributed by atoms with van der Waals surface area (Å²) in [7, 11) is 0. The highest BCUT2D eigenvalue weighted by Gasteiger charge is 2.08. The van der Waals surface area contributed by atoms with Crippen molar-refractivity contribution >= 4 is 17.3 Å². The Bertz CT molecular complexity index is 821. The summed E-state index contributed by atoms with van der Waals surface area (Å²) in [5, 5.41) is 9.61. The smallest absolute Gasteiger partial charge is 0.161 e. The van der Waals surface area contributed by atoms with Crippen molar-refractivity contribution in [2.45, 2.75) is 6.61 Å². The van der Waals surface area contributed by atoms with Crippen LogP contribution in [0, 0.1) is 0 Å². The molecule has 22 heavy (non-hydrogen) atoms. The highest BCUT2D eigenvalue weighted by atomic mass is 35.5. The number of aliphatic hydroxyl groups is 1. The van der Waals surface area contributed by atoms with E-state index in [2.05, 4.69) is 9.97 Å². The molecule has 110 valence electrons.